The van der Waals surface area contributed by atoms with Crippen LogP contribution in [0.5, 0.6) is 0 Å². The van der Waals surface area contributed by atoms with Gasteiger partial charge in [0, 0.05) is 10.7 Å². The first kappa shape index (κ1) is 13.3. The predicted octanol–water partition coefficient (Wildman–Crippen LogP) is 3.33. The van der Waals surface area contributed by atoms with E-state index in [0.717, 1.165) is 17.3 Å². The molecule has 0 aliphatic carbocycles. The minimum absolute atomic E-state index is 0.0125. The van der Waals surface area contributed by atoms with Crippen molar-refractivity contribution in [2.45, 2.75) is 44.9 Å². The fourth-order valence-electron chi connectivity index (χ4n) is 2.13. The molecule has 1 aromatic rings. The number of nitrogens with zero attached hydrogens (tertiary/aromatic N) is 1. The summed E-state index contributed by atoms with van der Waals surface area (Å²) in [5, 5.41) is 0. The zero-order valence-electron chi connectivity index (χ0n) is 9.87. The van der Waals surface area contributed by atoms with Crippen LogP contribution in [0.4, 0.5) is 0 Å². The van der Waals surface area contributed by atoms with Gasteiger partial charge in [-0.1, -0.05) is 0 Å². The SMILES string of the molecule is CC1(C)CCC(Cn2cc(Br)cc(Br)c2=O)O1. The van der Waals surface area contributed by atoms with Gasteiger partial charge in [-0.2, -0.15) is 0 Å². The van der Waals surface area contributed by atoms with Gasteiger partial charge >= 0.3 is 0 Å². The van der Waals surface area contributed by atoms with Crippen molar-refractivity contribution in [3.8, 4) is 0 Å². The molecule has 1 fully saturated rings. The molecule has 0 N–H and O–H groups in total. The zero-order chi connectivity index (χ0) is 12.6. The van der Waals surface area contributed by atoms with Crippen molar-refractivity contribution in [1.82, 2.24) is 4.57 Å². The summed E-state index contributed by atoms with van der Waals surface area (Å²) >= 11 is 6.65. The van der Waals surface area contributed by atoms with Gasteiger partial charge < -0.3 is 9.30 Å². The van der Waals surface area contributed by atoms with Crippen molar-refractivity contribution in [3.63, 3.8) is 0 Å². The first-order valence-corrected chi connectivity index (χ1v) is 7.19. The molecule has 0 amide bonds. The molecule has 1 unspecified atom stereocenters. The van der Waals surface area contributed by atoms with E-state index in [2.05, 4.69) is 45.7 Å². The highest BCUT2D eigenvalue weighted by atomic mass is 79.9. The quantitative estimate of drug-likeness (QED) is 0.805. The molecule has 0 radical (unpaired) electrons. The number of ether oxygens (including phenoxy) is 1. The fraction of sp³-hybridized carbons (Fsp3) is 0.583. The lowest BCUT2D eigenvalue weighted by Crippen LogP contribution is -2.28. The van der Waals surface area contributed by atoms with Crippen LogP contribution in [0, 0.1) is 0 Å². The Kier molecular flexibility index (Phi) is 3.80. The fourth-order valence-corrected chi connectivity index (χ4v) is 3.38. The predicted molar refractivity (Wildman–Crippen MR) is 74.3 cm³/mol. The Morgan fingerprint density at radius 2 is 2.24 bits per heavy atom. The molecule has 2 rings (SSSR count). The average molecular weight is 365 g/mol. The van der Waals surface area contributed by atoms with Crippen molar-refractivity contribution in [3.05, 3.63) is 31.6 Å². The summed E-state index contributed by atoms with van der Waals surface area (Å²) in [6, 6.07) is 1.76. The lowest BCUT2D eigenvalue weighted by atomic mass is 10.1. The Hall–Kier alpha value is -0.130. The van der Waals surface area contributed by atoms with E-state index >= 15 is 0 Å². The molecule has 5 heteroatoms. The van der Waals surface area contributed by atoms with Crippen molar-refractivity contribution >= 4 is 31.9 Å². The van der Waals surface area contributed by atoms with Crippen LogP contribution in [-0.2, 0) is 11.3 Å². The van der Waals surface area contributed by atoms with Crippen LogP contribution in [-0.4, -0.2) is 16.3 Å². The second-order valence-electron chi connectivity index (χ2n) is 5.00. The lowest BCUT2D eigenvalue weighted by molar-refractivity contribution is -0.0220. The third-order valence-corrected chi connectivity index (χ3v) is 3.97. The highest BCUT2D eigenvalue weighted by molar-refractivity contribution is 9.11. The molecule has 1 aromatic heterocycles. The van der Waals surface area contributed by atoms with E-state index in [1.54, 1.807) is 10.6 Å². The van der Waals surface area contributed by atoms with Gasteiger partial charge in [0.2, 0.25) is 0 Å². The molecule has 0 aromatic carbocycles. The van der Waals surface area contributed by atoms with Crippen LogP contribution in [0.25, 0.3) is 0 Å². The van der Waals surface area contributed by atoms with E-state index in [4.69, 9.17) is 4.74 Å². The first-order chi connectivity index (χ1) is 7.87. The minimum atomic E-state index is -0.0580. The van der Waals surface area contributed by atoms with Gasteiger partial charge in [-0.3, -0.25) is 4.79 Å². The molecule has 2 heterocycles. The maximum Gasteiger partial charge on any atom is 0.264 e. The van der Waals surface area contributed by atoms with Crippen LogP contribution in [0.15, 0.2) is 26.0 Å². The van der Waals surface area contributed by atoms with Crippen molar-refractivity contribution in [1.29, 1.82) is 0 Å². The topological polar surface area (TPSA) is 31.2 Å². The number of aromatic nitrogens is 1. The number of rotatable bonds is 2. The molecular formula is C12H15Br2NO2. The van der Waals surface area contributed by atoms with Crippen molar-refractivity contribution in [2.75, 3.05) is 0 Å². The maximum absolute atomic E-state index is 11.9. The van der Waals surface area contributed by atoms with E-state index in [1.165, 1.54) is 0 Å². The average Bonchev–Trinajstić information content (AvgIpc) is 2.54. The second kappa shape index (κ2) is 4.86. The Morgan fingerprint density at radius 1 is 1.53 bits per heavy atom. The molecule has 3 nitrogen and oxygen atoms in total. The maximum atomic E-state index is 11.9. The summed E-state index contributed by atoms with van der Waals surface area (Å²) in [5.74, 6) is 0. The van der Waals surface area contributed by atoms with Crippen molar-refractivity contribution in [2.24, 2.45) is 0 Å². The smallest absolute Gasteiger partial charge is 0.264 e. The van der Waals surface area contributed by atoms with Crippen LogP contribution in [0.1, 0.15) is 26.7 Å². The van der Waals surface area contributed by atoms with Gasteiger partial charge in [-0.15, -0.1) is 0 Å². The lowest BCUT2D eigenvalue weighted by Gasteiger charge is -2.20. The normalized spacial score (nSPS) is 22.9. The highest BCUT2D eigenvalue weighted by Crippen LogP contribution is 2.30. The van der Waals surface area contributed by atoms with E-state index in [1.807, 2.05) is 6.20 Å². The van der Waals surface area contributed by atoms with E-state index in [-0.39, 0.29) is 17.3 Å². The first-order valence-electron chi connectivity index (χ1n) is 5.61. The summed E-state index contributed by atoms with van der Waals surface area (Å²) < 4.78 is 9.06. The molecule has 1 aliphatic heterocycles. The number of hydrogen-bond donors (Lipinski definition) is 0. The van der Waals surface area contributed by atoms with Crippen LogP contribution in [0.2, 0.25) is 0 Å². The Morgan fingerprint density at radius 3 is 2.82 bits per heavy atom. The Balaban J connectivity index is 2.17. The van der Waals surface area contributed by atoms with Gasteiger partial charge in [0.1, 0.15) is 0 Å². The molecule has 0 bridgehead atoms. The van der Waals surface area contributed by atoms with Crippen LogP contribution < -0.4 is 5.56 Å². The molecule has 1 saturated heterocycles. The van der Waals surface area contributed by atoms with E-state index < -0.39 is 0 Å². The molecule has 0 saturated carbocycles. The summed E-state index contributed by atoms with van der Waals surface area (Å²) in [7, 11) is 0. The molecule has 17 heavy (non-hydrogen) atoms. The minimum Gasteiger partial charge on any atom is -0.370 e. The van der Waals surface area contributed by atoms with Crippen molar-refractivity contribution < 1.29 is 4.74 Å². The summed E-state index contributed by atoms with van der Waals surface area (Å²) in [5.41, 5.74) is -0.0705. The van der Waals surface area contributed by atoms with Crippen LogP contribution >= 0.6 is 31.9 Å². The largest absolute Gasteiger partial charge is 0.370 e. The standard InChI is InChI=1S/C12H15Br2NO2/c1-12(2)4-3-9(17-12)7-15-6-8(13)5-10(14)11(15)16/h5-6,9H,3-4,7H2,1-2H3. The van der Waals surface area contributed by atoms with E-state index in [9.17, 15) is 4.79 Å². The van der Waals surface area contributed by atoms with Gasteiger partial charge in [-0.05, 0) is 64.6 Å². The summed E-state index contributed by atoms with van der Waals surface area (Å²) in [6.07, 6.45) is 3.98. The number of pyridine rings is 1. The van der Waals surface area contributed by atoms with Gasteiger partial charge in [0.05, 0.1) is 22.7 Å². The molecule has 0 spiro atoms. The molecular weight excluding hydrogens is 350 g/mol. The third kappa shape index (κ3) is 3.20. The highest BCUT2D eigenvalue weighted by Gasteiger charge is 2.31. The number of hydrogen-bond acceptors (Lipinski definition) is 2. The van der Waals surface area contributed by atoms with E-state index in [0.29, 0.717) is 11.0 Å². The second-order valence-corrected chi connectivity index (χ2v) is 6.77. The van der Waals surface area contributed by atoms with Gasteiger partial charge in [0.25, 0.3) is 5.56 Å². The Labute approximate surface area is 117 Å². The molecule has 1 aliphatic rings. The zero-order valence-corrected chi connectivity index (χ0v) is 13.0. The molecule has 94 valence electrons. The van der Waals surface area contributed by atoms with Crippen LogP contribution in [0.3, 0.4) is 0 Å². The van der Waals surface area contributed by atoms with Gasteiger partial charge in [-0.25, -0.2) is 0 Å². The summed E-state index contributed by atoms with van der Waals surface area (Å²) in [4.78, 5) is 11.9. The third-order valence-electron chi connectivity index (χ3n) is 2.96. The molecule has 1 atom stereocenters. The Bertz CT molecular complexity index is 482. The van der Waals surface area contributed by atoms with Gasteiger partial charge in [0.15, 0.2) is 0 Å². The summed E-state index contributed by atoms with van der Waals surface area (Å²) in [6.45, 7) is 4.79. The number of halogens is 2. The monoisotopic (exact) mass is 363 g/mol.